The second-order valence-corrected chi connectivity index (χ2v) is 34.3. The van der Waals surface area contributed by atoms with Gasteiger partial charge in [-0.1, -0.05) is 165 Å². The highest BCUT2D eigenvalue weighted by Crippen LogP contribution is 2.26. The molecule has 4 aromatic rings. The van der Waals surface area contributed by atoms with Crippen molar-refractivity contribution in [3.63, 3.8) is 0 Å². The van der Waals surface area contributed by atoms with Crippen molar-refractivity contribution in [1.82, 2.24) is 83.8 Å². The van der Waals surface area contributed by atoms with Gasteiger partial charge < -0.3 is 106 Å². The zero-order valence-corrected chi connectivity index (χ0v) is 73.5. The number of nitrogens with one attached hydrogen (secondary N) is 15. The summed E-state index contributed by atoms with van der Waals surface area (Å²) in [5.41, 5.74) is 21.1. The molecule has 3 aliphatic heterocycles. The molecule has 0 radical (unpaired) electrons. The minimum Gasteiger partial charge on any atom is -0.481 e. The van der Waals surface area contributed by atoms with Gasteiger partial charge in [0.1, 0.15) is 72.5 Å². The van der Waals surface area contributed by atoms with Crippen LogP contribution in [0, 0.1) is 34.5 Å². The van der Waals surface area contributed by atoms with Crippen molar-refractivity contribution in [3.8, 4) is 22.3 Å². The van der Waals surface area contributed by atoms with Gasteiger partial charge in [-0.05, 0) is 115 Å². The number of guanidine groups is 2. The number of primary amides is 1. The molecule has 3 saturated heterocycles. The van der Waals surface area contributed by atoms with Gasteiger partial charge in [-0.25, -0.2) is 0 Å². The highest BCUT2D eigenvalue weighted by molar-refractivity contribution is 8.00. The molecule has 0 unspecified atom stereocenters. The van der Waals surface area contributed by atoms with Gasteiger partial charge in [-0.2, -0.15) is 0 Å². The summed E-state index contributed by atoms with van der Waals surface area (Å²) in [5.74, 6) is -18.8. The first-order valence-electron chi connectivity index (χ1n) is 42.5. The van der Waals surface area contributed by atoms with Crippen LogP contribution in [0.1, 0.15) is 131 Å². The smallest absolute Gasteiger partial charge is 0.305 e. The third kappa shape index (κ3) is 31.2. The molecule has 22 N–H and O–H groups in total. The quantitative estimate of drug-likeness (QED) is 0.0238. The SMILES string of the molecule is CC(C)C[C@@H]1NC(=O)[C@H](CCCNC(=N)N)NC(=O)[C@H](C(C)C)NC(=O)[C@@H]2CCCN2C(=O)[C@H](C(C)C)NC(=O)[C@H](CCCNC(=N)N)NC(=O)[C@H](CC(=O)O)NC(=O)[C@@H]2CCCN2C(=O)CN(C)C(=O)[C@H](Cc2ccc(-c3ccccc3)cc2)NC(=O)[C@H](Cc2ccc(-c3ccccc3)cc2)NC(=O)[C@H](C(C)C)NC(=O)CSC[C@@H](C(=O)NCC(N)=O)NC1=O. The Morgan fingerprint density at radius 2 is 0.881 bits per heavy atom. The van der Waals surface area contributed by atoms with Crippen molar-refractivity contribution in [2.24, 2.45) is 40.9 Å². The van der Waals surface area contributed by atoms with Crippen molar-refractivity contribution < 1.29 is 81.8 Å². The molecule has 3 heterocycles. The first-order chi connectivity index (χ1) is 59.8. The monoisotopic (exact) mass is 1770 g/mol. The second kappa shape index (κ2) is 49.1. The molecule has 0 aliphatic carbocycles. The molecule has 7 rings (SSSR count). The first-order valence-corrected chi connectivity index (χ1v) is 43.6. The molecular formula is C87H123N21O17S. The van der Waals surface area contributed by atoms with Gasteiger partial charge in [0.15, 0.2) is 11.9 Å². The number of thioether (sulfide) groups is 1. The predicted molar refractivity (Wildman–Crippen MR) is 472 cm³/mol. The fourth-order valence-electron chi connectivity index (χ4n) is 14.9. The fourth-order valence-corrected chi connectivity index (χ4v) is 15.7. The van der Waals surface area contributed by atoms with Crippen molar-refractivity contribution in [3.05, 3.63) is 120 Å². The van der Waals surface area contributed by atoms with E-state index in [9.17, 15) is 72.2 Å². The van der Waals surface area contributed by atoms with Gasteiger partial charge >= 0.3 is 5.97 Å². The van der Waals surface area contributed by atoms with Crippen LogP contribution < -0.4 is 86.3 Å². The topological polar surface area (TPSA) is 585 Å². The second-order valence-electron chi connectivity index (χ2n) is 33.2. The van der Waals surface area contributed by atoms with E-state index in [-0.39, 0.29) is 108 Å². The molecular weight excluding hydrogens is 1640 g/mol. The van der Waals surface area contributed by atoms with Crippen molar-refractivity contribution in [2.45, 2.75) is 205 Å². The lowest BCUT2D eigenvalue weighted by Crippen LogP contribution is -2.61. The average molecular weight is 1770 g/mol. The summed E-state index contributed by atoms with van der Waals surface area (Å²) in [6.07, 6.45) is -1.12. The molecule has 3 fully saturated rings. The van der Waals surface area contributed by atoms with Gasteiger partial charge in [0.05, 0.1) is 25.3 Å². The van der Waals surface area contributed by atoms with Crippen LogP contribution in [0.25, 0.3) is 22.3 Å². The normalized spacial score (nSPS) is 23.4. The maximum absolute atomic E-state index is 15.4. The van der Waals surface area contributed by atoms with E-state index in [0.717, 1.165) is 38.9 Å². The summed E-state index contributed by atoms with van der Waals surface area (Å²) in [7, 11) is 1.31. The molecule has 0 spiro atoms. The largest absolute Gasteiger partial charge is 0.481 e. The van der Waals surface area contributed by atoms with Crippen LogP contribution in [0.3, 0.4) is 0 Å². The number of carbonyl (C=O) groups excluding carboxylic acids is 15. The molecule has 4 aromatic carbocycles. The Bertz CT molecular complexity index is 4510. The molecule has 3 aliphatic rings. The molecule has 39 heteroatoms. The maximum atomic E-state index is 15.4. The summed E-state index contributed by atoms with van der Waals surface area (Å²) in [5, 5.41) is 60.3. The summed E-state index contributed by atoms with van der Waals surface area (Å²) in [6, 6.07) is 15.6. The highest BCUT2D eigenvalue weighted by atomic mass is 32.2. The molecule has 38 nitrogen and oxygen atoms in total. The van der Waals surface area contributed by atoms with Gasteiger partial charge in [-0.3, -0.25) is 87.5 Å². The van der Waals surface area contributed by atoms with Crippen molar-refractivity contribution in [1.29, 1.82) is 10.8 Å². The summed E-state index contributed by atoms with van der Waals surface area (Å²) >= 11 is 0.834. The number of carbonyl (C=O) groups is 16. The number of rotatable bonds is 24. The van der Waals surface area contributed by atoms with E-state index in [0.29, 0.717) is 11.1 Å². The van der Waals surface area contributed by atoms with Gasteiger partial charge in [0.25, 0.3) is 0 Å². The van der Waals surface area contributed by atoms with E-state index in [2.05, 4.69) is 69.1 Å². The van der Waals surface area contributed by atoms with Crippen LogP contribution in [0.5, 0.6) is 0 Å². The summed E-state index contributed by atoms with van der Waals surface area (Å²) < 4.78 is 0. The molecule has 684 valence electrons. The number of hydrogen-bond donors (Lipinski definition) is 19. The summed E-state index contributed by atoms with van der Waals surface area (Å²) in [4.78, 5) is 235. The van der Waals surface area contributed by atoms with E-state index in [4.69, 9.17) is 28.0 Å². The van der Waals surface area contributed by atoms with Crippen molar-refractivity contribution >= 4 is 118 Å². The average Bonchev–Trinajstić information content (AvgIpc) is 1.66. The number of carboxylic acid groups (broad SMARTS) is 1. The Hall–Kier alpha value is -12.7. The summed E-state index contributed by atoms with van der Waals surface area (Å²) in [6.45, 7) is 11.8. The molecule has 12 atom stereocenters. The zero-order chi connectivity index (χ0) is 92.6. The molecule has 0 saturated carbocycles. The van der Waals surface area contributed by atoms with E-state index < -0.39 is 222 Å². The Kier molecular flexibility index (Phi) is 39.1. The van der Waals surface area contributed by atoms with Crippen LogP contribution in [0.2, 0.25) is 0 Å². The van der Waals surface area contributed by atoms with Crippen LogP contribution >= 0.6 is 11.8 Å². The third-order valence-electron chi connectivity index (χ3n) is 21.6. The number of fused-ring (bicyclic) bond motifs is 2. The zero-order valence-electron chi connectivity index (χ0n) is 72.7. The van der Waals surface area contributed by atoms with Crippen LogP contribution in [0.15, 0.2) is 109 Å². The number of carboxylic acids is 1. The maximum Gasteiger partial charge on any atom is 0.305 e. The van der Waals surface area contributed by atoms with Crippen molar-refractivity contribution in [2.75, 3.05) is 57.8 Å². The van der Waals surface area contributed by atoms with E-state index in [1.54, 1.807) is 79.7 Å². The lowest BCUT2D eigenvalue weighted by Gasteiger charge is -2.33. The van der Waals surface area contributed by atoms with E-state index >= 15 is 9.59 Å². The predicted octanol–water partition coefficient (Wildman–Crippen LogP) is -0.542. The number of aliphatic carboxylic acids is 1. The number of benzene rings is 4. The number of amides is 15. The van der Waals surface area contributed by atoms with Crippen LogP contribution in [-0.2, 0) is 89.6 Å². The van der Waals surface area contributed by atoms with Gasteiger partial charge in [0.2, 0.25) is 88.6 Å². The van der Waals surface area contributed by atoms with Gasteiger partial charge in [-0.15, -0.1) is 11.8 Å². The Morgan fingerprint density at radius 1 is 0.468 bits per heavy atom. The lowest BCUT2D eigenvalue weighted by molar-refractivity contribution is -0.145. The van der Waals surface area contributed by atoms with E-state index in [1.807, 2.05) is 84.9 Å². The molecule has 0 aromatic heterocycles. The first kappa shape index (κ1) is 100. The standard InChI is InChI=1S/C87H123N21O17S/c1-48(2)40-60-77(117)102-64(74(114)95-44-67(88)109)46-126-47-68(110)103-71(49(3)4)82(122)100-61(41-52-28-32-56(33-29-52)54-20-12-10-13-21-54)78(118)101-63(42-53-30-34-57(35-31-53)55-22-14-11-15-23-55)84(124)106(9)45-69(111)107-38-18-26-65(107)80(120)99-62(43-70(112)113)79(119)96-59(25-17-37-94-87(91)92)76(116)105-73(51(7)8)85(125)108-39-19-27-66(108)81(121)104-72(50(5)6)83(123)97-58(75(115)98-60)24-16-36-93-86(89)90/h10-15,20-23,28-35,48-51,58-66,71-73H,16-19,24-27,36-47H2,1-9H3,(H2,88,109)(H,95,114)(H,96,119)(H,97,123)(H,98,115)(H,99,120)(H,100,122)(H,101,118)(H,102,117)(H,103,110)(H,104,121)(H,105,116)(H,112,113)(H4,89,90,93)(H4,91,92,94)/t58-,59-,60-,61-,62-,63-,64-,65-,66-,71-,72-,73-/m0/s1. The van der Waals surface area contributed by atoms with Gasteiger partial charge in [0, 0.05) is 51.8 Å². The minimum atomic E-state index is -1.90. The lowest BCUT2D eigenvalue weighted by atomic mass is 9.98. The Balaban J connectivity index is 1.28. The fraction of sp³-hybridized carbons (Fsp3) is 0.517. The Labute approximate surface area is 737 Å². The molecule has 126 heavy (non-hydrogen) atoms. The van der Waals surface area contributed by atoms with E-state index in [1.165, 1.54) is 16.8 Å². The number of nitrogens with zero attached hydrogens (tertiary/aromatic N) is 3. The highest BCUT2D eigenvalue weighted by Gasteiger charge is 2.44. The number of nitrogens with two attached hydrogens (primary N) is 3. The Morgan fingerprint density at radius 3 is 1.38 bits per heavy atom. The molecule has 15 amide bonds. The number of hydrogen-bond acceptors (Lipinski definition) is 19. The molecule has 0 bridgehead atoms. The number of likely N-dealkylation sites (N-methyl/N-ethyl adjacent to an activating group) is 1. The third-order valence-corrected chi connectivity index (χ3v) is 22.7. The van der Waals surface area contributed by atoms with Crippen LogP contribution in [-0.4, -0.2) is 257 Å². The minimum absolute atomic E-state index is 0.00326. The van der Waals surface area contributed by atoms with Crippen LogP contribution in [0.4, 0.5) is 0 Å².